The molecule has 32 heavy (non-hydrogen) atoms. The van der Waals surface area contributed by atoms with Gasteiger partial charge in [-0.15, -0.1) is 0 Å². The Morgan fingerprint density at radius 2 is 2.00 bits per heavy atom. The van der Waals surface area contributed by atoms with E-state index >= 15 is 0 Å². The van der Waals surface area contributed by atoms with E-state index in [-0.39, 0.29) is 41.4 Å². The second kappa shape index (κ2) is 11.5. The van der Waals surface area contributed by atoms with E-state index < -0.39 is 30.0 Å². The highest BCUT2D eigenvalue weighted by Crippen LogP contribution is 2.24. The number of hydrogen-bond acceptors (Lipinski definition) is 9. The molecule has 0 unspecified atom stereocenters. The molecular formula is C20H23F3N6O3. The molecule has 2 aromatic rings. The van der Waals surface area contributed by atoms with Crippen molar-refractivity contribution in [3.05, 3.63) is 53.2 Å². The molecule has 172 valence electrons. The molecule has 0 atom stereocenters. The number of methoxy groups -OCH3 is 1. The van der Waals surface area contributed by atoms with Crippen LogP contribution in [0.4, 0.5) is 24.9 Å². The number of hydrogen-bond donors (Lipinski definition) is 4. The summed E-state index contributed by atoms with van der Waals surface area (Å²) in [6, 6.07) is 2.18. The molecule has 1 aromatic carbocycles. The second-order valence-electron chi connectivity index (χ2n) is 6.57. The Bertz CT molecular complexity index is 1000. The van der Waals surface area contributed by atoms with Crippen LogP contribution in [-0.4, -0.2) is 41.9 Å². The number of ether oxygens (including phenoxy) is 2. The highest BCUT2D eigenvalue weighted by molar-refractivity contribution is 5.80. The largest absolute Gasteiger partial charge is 0.494 e. The van der Waals surface area contributed by atoms with Gasteiger partial charge in [-0.3, -0.25) is 4.79 Å². The van der Waals surface area contributed by atoms with Gasteiger partial charge in [0.25, 0.3) is 0 Å². The molecule has 0 amide bonds. The van der Waals surface area contributed by atoms with Gasteiger partial charge in [-0.25, -0.2) is 18.2 Å². The Morgan fingerprint density at radius 1 is 1.25 bits per heavy atom. The standard InChI is InChI=1S/C20H23F3N6O3/c1-11(2)32-17(30)10-25-7-12(6-24)28-20-27-9-15(22)19(29-20)26-8-13-14(21)4-5-16(31-3)18(13)23/h4-7,9,11,24-25H,8,10H2,1-3H3,(H2,26,27,28,29)/b12-7+,24-6?. The van der Waals surface area contributed by atoms with Gasteiger partial charge in [0, 0.05) is 24.5 Å². The van der Waals surface area contributed by atoms with Crippen molar-refractivity contribution in [2.75, 3.05) is 24.3 Å². The minimum absolute atomic E-state index is 0.0956. The maximum absolute atomic E-state index is 14.3. The molecule has 0 aliphatic rings. The lowest BCUT2D eigenvalue weighted by molar-refractivity contribution is -0.146. The van der Waals surface area contributed by atoms with Crippen LogP contribution in [0.1, 0.15) is 19.4 Å². The Hall–Kier alpha value is -3.83. The molecule has 1 aromatic heterocycles. The van der Waals surface area contributed by atoms with Crippen LogP contribution in [-0.2, 0) is 16.1 Å². The molecule has 0 fully saturated rings. The minimum atomic E-state index is -0.913. The van der Waals surface area contributed by atoms with Crippen LogP contribution >= 0.6 is 0 Å². The van der Waals surface area contributed by atoms with Crippen molar-refractivity contribution in [2.45, 2.75) is 26.5 Å². The van der Waals surface area contributed by atoms with Gasteiger partial charge in [0.2, 0.25) is 5.95 Å². The second-order valence-corrected chi connectivity index (χ2v) is 6.57. The van der Waals surface area contributed by atoms with E-state index in [0.717, 1.165) is 24.5 Å². The quantitative estimate of drug-likeness (QED) is 0.303. The number of nitrogens with zero attached hydrogens (tertiary/aromatic N) is 2. The summed E-state index contributed by atoms with van der Waals surface area (Å²) in [6.45, 7) is 2.89. The Morgan fingerprint density at radius 3 is 2.66 bits per heavy atom. The molecule has 0 aliphatic carbocycles. The van der Waals surface area contributed by atoms with E-state index in [4.69, 9.17) is 14.9 Å². The summed E-state index contributed by atoms with van der Waals surface area (Å²) in [5, 5.41) is 15.3. The third-order valence-electron chi connectivity index (χ3n) is 3.83. The summed E-state index contributed by atoms with van der Waals surface area (Å²) < 4.78 is 52.1. The fraction of sp³-hybridized carbons (Fsp3) is 0.300. The number of esters is 1. The van der Waals surface area contributed by atoms with Crippen LogP contribution < -0.4 is 20.7 Å². The number of aromatic nitrogens is 2. The molecule has 1 heterocycles. The maximum Gasteiger partial charge on any atom is 0.325 e. The van der Waals surface area contributed by atoms with Crippen molar-refractivity contribution in [3.63, 3.8) is 0 Å². The van der Waals surface area contributed by atoms with Crippen LogP contribution in [0.5, 0.6) is 5.75 Å². The molecule has 4 N–H and O–H groups in total. The summed E-state index contributed by atoms with van der Waals surface area (Å²) in [7, 11) is 1.24. The first-order chi connectivity index (χ1) is 15.2. The highest BCUT2D eigenvalue weighted by atomic mass is 19.1. The molecule has 9 nitrogen and oxygen atoms in total. The van der Waals surface area contributed by atoms with Gasteiger partial charge < -0.3 is 30.8 Å². The molecule has 12 heteroatoms. The third kappa shape index (κ3) is 6.86. The summed E-state index contributed by atoms with van der Waals surface area (Å²) in [4.78, 5) is 19.2. The van der Waals surface area contributed by atoms with Gasteiger partial charge in [-0.2, -0.15) is 4.98 Å². The summed E-state index contributed by atoms with van der Waals surface area (Å²) in [5.41, 5.74) is -0.195. The molecule has 2 rings (SSSR count). The van der Waals surface area contributed by atoms with E-state index in [1.165, 1.54) is 13.3 Å². The Balaban J connectivity index is 2.08. The average Bonchev–Trinajstić information content (AvgIpc) is 2.74. The lowest BCUT2D eigenvalue weighted by Gasteiger charge is -2.12. The van der Waals surface area contributed by atoms with Crippen LogP contribution in [0.15, 0.2) is 30.2 Å². The molecular weight excluding hydrogens is 429 g/mol. The van der Waals surface area contributed by atoms with Crippen molar-refractivity contribution < 1.29 is 27.4 Å². The number of carbonyl (C=O) groups excluding carboxylic acids is 1. The van der Waals surface area contributed by atoms with Gasteiger partial charge >= 0.3 is 5.97 Å². The molecule has 0 saturated carbocycles. The molecule has 0 bridgehead atoms. The van der Waals surface area contributed by atoms with E-state index in [0.29, 0.717) is 0 Å². The zero-order valence-corrected chi connectivity index (χ0v) is 17.6. The summed E-state index contributed by atoms with van der Waals surface area (Å²) in [6.07, 6.45) is 2.83. The van der Waals surface area contributed by atoms with Crippen LogP contribution in [0.25, 0.3) is 0 Å². The topological polar surface area (TPSA) is 121 Å². The number of rotatable bonds is 11. The van der Waals surface area contributed by atoms with Crippen molar-refractivity contribution in [3.8, 4) is 5.75 Å². The fourth-order valence-electron chi connectivity index (χ4n) is 2.41. The summed E-state index contributed by atoms with van der Waals surface area (Å²) >= 11 is 0. The first-order valence-electron chi connectivity index (χ1n) is 9.43. The average molecular weight is 452 g/mol. The predicted octanol–water partition coefficient (Wildman–Crippen LogP) is 2.96. The zero-order chi connectivity index (χ0) is 23.7. The maximum atomic E-state index is 14.3. The van der Waals surface area contributed by atoms with Gasteiger partial charge in [0.1, 0.15) is 12.4 Å². The van der Waals surface area contributed by atoms with Crippen LogP contribution in [0, 0.1) is 22.9 Å². The summed E-state index contributed by atoms with van der Waals surface area (Å²) in [5.74, 6) is -3.65. The normalized spacial score (nSPS) is 11.2. The van der Waals surface area contributed by atoms with Crippen LogP contribution in [0.3, 0.4) is 0 Å². The van der Waals surface area contributed by atoms with E-state index in [9.17, 15) is 18.0 Å². The first-order valence-corrected chi connectivity index (χ1v) is 9.43. The predicted molar refractivity (Wildman–Crippen MR) is 112 cm³/mol. The minimum Gasteiger partial charge on any atom is -0.494 e. The lowest BCUT2D eigenvalue weighted by Crippen LogP contribution is -2.24. The van der Waals surface area contributed by atoms with E-state index in [1.807, 2.05) is 0 Å². The molecule has 0 spiro atoms. The SMILES string of the molecule is COc1ccc(F)c(CNc2nc(N/C(C=N)=C/NCC(=O)OC(C)C)ncc2F)c1F. The van der Waals surface area contributed by atoms with Gasteiger partial charge in [-0.1, -0.05) is 0 Å². The van der Waals surface area contributed by atoms with Crippen molar-refractivity contribution >= 4 is 24.0 Å². The van der Waals surface area contributed by atoms with Gasteiger partial charge in [0.15, 0.2) is 23.2 Å². The zero-order valence-electron chi connectivity index (χ0n) is 17.6. The number of halogens is 3. The number of anilines is 2. The van der Waals surface area contributed by atoms with Crippen molar-refractivity contribution in [1.82, 2.24) is 15.3 Å². The van der Waals surface area contributed by atoms with Gasteiger partial charge in [-0.05, 0) is 26.0 Å². The molecule has 0 aliphatic heterocycles. The third-order valence-corrected chi connectivity index (χ3v) is 3.83. The lowest BCUT2D eigenvalue weighted by atomic mass is 10.2. The number of carbonyl (C=O) groups is 1. The number of nitrogens with one attached hydrogen (secondary N) is 4. The highest BCUT2D eigenvalue weighted by Gasteiger charge is 2.16. The number of allylic oxidation sites excluding steroid dienone is 1. The fourth-order valence-corrected chi connectivity index (χ4v) is 2.41. The smallest absolute Gasteiger partial charge is 0.325 e. The van der Waals surface area contributed by atoms with E-state index in [1.54, 1.807) is 13.8 Å². The Kier molecular flexibility index (Phi) is 8.81. The van der Waals surface area contributed by atoms with Gasteiger partial charge in [0.05, 0.1) is 25.1 Å². The molecule has 0 saturated heterocycles. The Labute approximate surface area is 182 Å². The molecule has 0 radical (unpaired) electrons. The number of benzene rings is 1. The first kappa shape index (κ1) is 24.4. The van der Waals surface area contributed by atoms with Crippen molar-refractivity contribution in [1.29, 1.82) is 5.41 Å². The van der Waals surface area contributed by atoms with Crippen LogP contribution in [0.2, 0.25) is 0 Å². The monoisotopic (exact) mass is 452 g/mol. The van der Waals surface area contributed by atoms with E-state index in [2.05, 4.69) is 25.9 Å². The van der Waals surface area contributed by atoms with Crippen molar-refractivity contribution in [2.24, 2.45) is 0 Å².